The van der Waals surface area contributed by atoms with E-state index in [1.807, 2.05) is 30.3 Å². The number of methoxy groups -OCH3 is 1. The molecule has 1 aliphatic heterocycles. The lowest BCUT2D eigenvalue weighted by atomic mass is 10.1. The van der Waals surface area contributed by atoms with Gasteiger partial charge in [0.15, 0.2) is 0 Å². The van der Waals surface area contributed by atoms with Crippen LogP contribution in [-0.4, -0.2) is 60.4 Å². The maximum atomic E-state index is 12.4. The number of urea groups is 1. The number of benzene rings is 2. The minimum Gasteiger partial charge on any atom is -0.481 e. The van der Waals surface area contributed by atoms with Crippen molar-refractivity contribution in [2.45, 2.75) is 13.0 Å². The number of ether oxygens (including phenoxy) is 2. The topological polar surface area (TPSA) is 80.7 Å². The molecule has 1 fully saturated rings. The van der Waals surface area contributed by atoms with Crippen LogP contribution < -0.4 is 15.4 Å². The first-order valence-corrected chi connectivity index (χ1v) is 12.2. The molecule has 2 aromatic heterocycles. The second-order valence-corrected chi connectivity index (χ2v) is 8.81. The maximum Gasteiger partial charge on any atom is 0.319 e. The van der Waals surface area contributed by atoms with Crippen molar-refractivity contribution < 1.29 is 14.3 Å². The number of nitrogens with one attached hydrogen (secondary N) is 2. The van der Waals surface area contributed by atoms with Crippen molar-refractivity contribution in [3.8, 4) is 11.6 Å². The lowest BCUT2D eigenvalue weighted by Crippen LogP contribution is -2.37. The third-order valence-corrected chi connectivity index (χ3v) is 6.46. The molecular formula is C28H31N5O3. The molecule has 0 radical (unpaired) electrons. The summed E-state index contributed by atoms with van der Waals surface area (Å²) < 4.78 is 12.8. The molecule has 0 saturated carbocycles. The van der Waals surface area contributed by atoms with Crippen molar-refractivity contribution in [3.63, 3.8) is 0 Å². The Balaban J connectivity index is 1.23. The molecule has 5 rings (SSSR count). The van der Waals surface area contributed by atoms with Gasteiger partial charge in [0.05, 0.1) is 25.8 Å². The van der Waals surface area contributed by atoms with Gasteiger partial charge in [-0.15, -0.1) is 0 Å². The fourth-order valence-corrected chi connectivity index (χ4v) is 4.47. The zero-order chi connectivity index (χ0) is 24.7. The number of nitrogens with zero attached hydrogens (tertiary/aromatic N) is 3. The van der Waals surface area contributed by atoms with Crippen molar-refractivity contribution in [1.82, 2.24) is 19.8 Å². The molecule has 8 nitrogen and oxygen atoms in total. The molecule has 186 valence electrons. The average Bonchev–Trinajstić information content (AvgIpc) is 3.31. The van der Waals surface area contributed by atoms with Gasteiger partial charge in [0.2, 0.25) is 5.88 Å². The quantitative estimate of drug-likeness (QED) is 0.390. The fourth-order valence-electron chi connectivity index (χ4n) is 4.47. The van der Waals surface area contributed by atoms with Crippen molar-refractivity contribution in [1.29, 1.82) is 0 Å². The molecule has 0 bridgehead atoms. The zero-order valence-electron chi connectivity index (χ0n) is 20.4. The number of carbonyl (C=O) groups excluding carboxylic acids is 1. The van der Waals surface area contributed by atoms with Gasteiger partial charge in [-0.2, -0.15) is 0 Å². The van der Waals surface area contributed by atoms with Crippen LogP contribution in [-0.2, 0) is 17.7 Å². The monoisotopic (exact) mass is 485 g/mol. The molecule has 3 heterocycles. The van der Waals surface area contributed by atoms with Crippen LogP contribution in [0.5, 0.6) is 5.88 Å². The summed E-state index contributed by atoms with van der Waals surface area (Å²) in [5, 5.41) is 7.02. The highest BCUT2D eigenvalue weighted by atomic mass is 16.5. The van der Waals surface area contributed by atoms with Crippen LogP contribution in [0.2, 0.25) is 0 Å². The largest absolute Gasteiger partial charge is 0.481 e. The number of para-hydroxylation sites is 1. The molecule has 0 aliphatic carbocycles. The molecule has 8 heteroatoms. The maximum absolute atomic E-state index is 12.4. The number of fused-ring (bicyclic) bond motifs is 1. The number of aromatic nitrogens is 2. The molecule has 1 saturated heterocycles. The second kappa shape index (κ2) is 11.2. The molecule has 2 aromatic carbocycles. The third-order valence-electron chi connectivity index (χ3n) is 6.46. The Kier molecular flexibility index (Phi) is 7.44. The Bertz CT molecular complexity index is 1300. The lowest BCUT2D eigenvalue weighted by Gasteiger charge is -2.26. The van der Waals surface area contributed by atoms with Crippen LogP contribution in [0.4, 0.5) is 10.5 Å². The smallest absolute Gasteiger partial charge is 0.319 e. The Morgan fingerprint density at radius 1 is 1.06 bits per heavy atom. The zero-order valence-corrected chi connectivity index (χ0v) is 20.4. The van der Waals surface area contributed by atoms with E-state index < -0.39 is 0 Å². The summed E-state index contributed by atoms with van der Waals surface area (Å²) in [6.07, 6.45) is 4.92. The van der Waals surface area contributed by atoms with Crippen molar-refractivity contribution >= 4 is 22.6 Å². The fraction of sp³-hybridized carbons (Fsp3) is 0.286. The van der Waals surface area contributed by atoms with E-state index in [4.69, 9.17) is 9.47 Å². The molecule has 0 unspecified atom stereocenters. The average molecular weight is 486 g/mol. The van der Waals surface area contributed by atoms with E-state index >= 15 is 0 Å². The van der Waals surface area contributed by atoms with Crippen LogP contribution in [0, 0.1) is 0 Å². The van der Waals surface area contributed by atoms with E-state index in [0.29, 0.717) is 12.4 Å². The van der Waals surface area contributed by atoms with Crippen LogP contribution in [0.3, 0.4) is 0 Å². The van der Waals surface area contributed by atoms with Crippen LogP contribution in [0.25, 0.3) is 16.6 Å². The van der Waals surface area contributed by atoms with E-state index in [1.165, 1.54) is 16.5 Å². The molecule has 0 atom stereocenters. The first kappa shape index (κ1) is 23.8. The molecule has 4 aromatic rings. The standard InChI is InChI=1S/C28H31N5O3/c1-35-27-11-6-21(18-29-27)19-30-28(34)31-23-7-9-24(10-8-23)33-20-22(25-4-2-3-5-26(25)33)12-13-32-14-16-36-17-15-32/h2-11,18,20H,12-17,19H2,1H3,(H2,30,31,34). The normalized spacial score (nSPS) is 14.0. The van der Waals surface area contributed by atoms with Crippen LogP contribution in [0.1, 0.15) is 11.1 Å². The van der Waals surface area contributed by atoms with Gasteiger partial charge in [0.1, 0.15) is 0 Å². The van der Waals surface area contributed by atoms with Gasteiger partial charge in [0.25, 0.3) is 0 Å². The Morgan fingerprint density at radius 2 is 1.86 bits per heavy atom. The van der Waals surface area contributed by atoms with Crippen molar-refractivity contribution in [2.75, 3.05) is 45.3 Å². The van der Waals surface area contributed by atoms with E-state index in [-0.39, 0.29) is 6.03 Å². The summed E-state index contributed by atoms with van der Waals surface area (Å²) in [7, 11) is 1.57. The minimum absolute atomic E-state index is 0.268. The predicted molar refractivity (Wildman–Crippen MR) is 141 cm³/mol. The Labute approximate surface area is 210 Å². The van der Waals surface area contributed by atoms with E-state index in [0.717, 1.165) is 56.2 Å². The van der Waals surface area contributed by atoms with Gasteiger partial charge in [-0.1, -0.05) is 24.3 Å². The van der Waals surface area contributed by atoms with E-state index in [9.17, 15) is 4.79 Å². The molecule has 2 N–H and O–H groups in total. The molecule has 2 amide bonds. The lowest BCUT2D eigenvalue weighted by molar-refractivity contribution is 0.0385. The number of rotatable bonds is 8. The summed E-state index contributed by atoms with van der Waals surface area (Å²) in [5.41, 5.74) is 5.20. The SMILES string of the molecule is COc1ccc(CNC(=O)Nc2ccc(-n3cc(CCN4CCOCC4)c4ccccc43)cc2)cn1. The van der Waals surface area contributed by atoms with Gasteiger partial charge in [-0.25, -0.2) is 9.78 Å². The van der Waals surface area contributed by atoms with Crippen molar-refractivity contribution in [2.24, 2.45) is 0 Å². The molecule has 0 spiro atoms. The summed E-state index contributed by atoms with van der Waals surface area (Å²) in [4.78, 5) is 19.0. The highest BCUT2D eigenvalue weighted by Gasteiger charge is 2.14. The molecule has 36 heavy (non-hydrogen) atoms. The van der Waals surface area contributed by atoms with Crippen LogP contribution in [0.15, 0.2) is 73.1 Å². The van der Waals surface area contributed by atoms with E-state index in [1.54, 1.807) is 19.4 Å². The van der Waals surface area contributed by atoms with Gasteiger partial charge in [-0.05, 0) is 47.9 Å². The number of hydrogen-bond acceptors (Lipinski definition) is 5. The van der Waals surface area contributed by atoms with Gasteiger partial charge >= 0.3 is 6.03 Å². The number of pyridine rings is 1. The van der Waals surface area contributed by atoms with Gasteiger partial charge in [-0.3, -0.25) is 4.90 Å². The Morgan fingerprint density at radius 3 is 2.61 bits per heavy atom. The first-order valence-electron chi connectivity index (χ1n) is 12.2. The summed E-state index contributed by atoms with van der Waals surface area (Å²) in [5.74, 6) is 0.544. The molecule has 1 aliphatic rings. The second-order valence-electron chi connectivity index (χ2n) is 8.81. The number of amides is 2. The third kappa shape index (κ3) is 5.67. The predicted octanol–water partition coefficient (Wildman–Crippen LogP) is 4.23. The number of carbonyl (C=O) groups is 1. The first-order chi connectivity index (χ1) is 17.7. The highest BCUT2D eigenvalue weighted by molar-refractivity contribution is 5.89. The van der Waals surface area contributed by atoms with Gasteiger partial charge in [0, 0.05) is 61.4 Å². The van der Waals surface area contributed by atoms with E-state index in [2.05, 4.69) is 55.5 Å². The minimum atomic E-state index is -0.268. The summed E-state index contributed by atoms with van der Waals surface area (Å²) in [6.45, 7) is 5.04. The number of hydrogen-bond donors (Lipinski definition) is 2. The van der Waals surface area contributed by atoms with Gasteiger partial charge < -0.3 is 24.7 Å². The Hall–Kier alpha value is -3.88. The van der Waals surface area contributed by atoms with Crippen LogP contribution >= 0.6 is 0 Å². The number of anilines is 1. The summed E-state index contributed by atoms with van der Waals surface area (Å²) in [6, 6.07) is 19.8. The van der Waals surface area contributed by atoms with Crippen molar-refractivity contribution in [3.05, 3.63) is 84.2 Å². The summed E-state index contributed by atoms with van der Waals surface area (Å²) >= 11 is 0. The highest BCUT2D eigenvalue weighted by Crippen LogP contribution is 2.26. The number of morpholine rings is 1. The molecular weight excluding hydrogens is 454 g/mol.